The molecule has 125 heavy (non-hydrogen) atoms. The maximum Gasteiger partial charge on any atom is 0.417 e. The molecule has 0 radical (unpaired) electrons. The molecule has 0 unspecified atom stereocenters. The van der Waals surface area contributed by atoms with Crippen LogP contribution in [0, 0.1) is 35.1 Å². The highest BCUT2D eigenvalue weighted by Gasteiger charge is 2.44. The van der Waals surface area contributed by atoms with Gasteiger partial charge in [-0.15, -0.1) is 0 Å². The number of dihydropyridines is 3. The molecule has 0 spiro atoms. The van der Waals surface area contributed by atoms with Crippen LogP contribution in [0.2, 0.25) is 0 Å². The molecule has 6 fully saturated rings. The lowest BCUT2D eigenvalue weighted by Crippen LogP contribution is -2.55. The number of amides is 3. The van der Waals surface area contributed by atoms with Crippen molar-refractivity contribution in [2.24, 2.45) is 5.92 Å². The van der Waals surface area contributed by atoms with Gasteiger partial charge >= 0.3 is 18.5 Å². The third-order valence-corrected chi connectivity index (χ3v) is 22.9. The highest BCUT2D eigenvalue weighted by atomic mass is 19.4. The summed E-state index contributed by atoms with van der Waals surface area (Å²) in [5, 5.41) is 15.2. The van der Waals surface area contributed by atoms with E-state index in [4.69, 9.17) is 14.2 Å². The molecular weight excluding hydrogens is 1650 g/mol. The molecule has 8 aliphatic heterocycles. The molecule has 1 aliphatic carbocycles. The number of alkyl halides is 9. The first-order valence-electron chi connectivity index (χ1n) is 40.8. The Bertz CT molecular complexity index is 5270. The summed E-state index contributed by atoms with van der Waals surface area (Å²) in [6.07, 6.45) is -7.19. The molecule has 2 atom stereocenters. The van der Waals surface area contributed by atoms with Gasteiger partial charge in [0.1, 0.15) is 23.1 Å². The normalized spacial score (nSPS) is 19.7. The van der Waals surface area contributed by atoms with E-state index in [2.05, 4.69) is 99.9 Å². The molecule has 9 aliphatic rings. The first-order valence-corrected chi connectivity index (χ1v) is 40.8. The minimum absolute atomic E-state index is 0.00981. The Morgan fingerprint density at radius 1 is 0.480 bits per heavy atom. The molecule has 5 aromatic carbocycles. The Balaban J connectivity index is 0.000000161. The van der Waals surface area contributed by atoms with Gasteiger partial charge in [0.15, 0.2) is 5.82 Å². The summed E-state index contributed by atoms with van der Waals surface area (Å²) in [4.78, 5) is 60.2. The molecular formula is C90H97F14N15O6. The number of carbonyl (C=O) groups is 3. The van der Waals surface area contributed by atoms with Crippen LogP contribution in [-0.4, -0.2) is 224 Å². The molecule has 6 aromatic rings. The number of hydrogen-bond acceptors (Lipinski definition) is 18. The number of hydrogen-bond donors (Lipinski definition) is 6. The minimum atomic E-state index is -4.85. The predicted octanol–water partition coefficient (Wildman–Crippen LogP) is 14.9. The topological polar surface area (TPSA) is 190 Å². The van der Waals surface area contributed by atoms with E-state index < -0.39 is 98.9 Å². The fraction of sp³-hybridized carbons (Fsp3) is 0.378. The van der Waals surface area contributed by atoms with Gasteiger partial charge in [-0.2, -0.15) is 48.9 Å². The summed E-state index contributed by atoms with van der Waals surface area (Å²) >= 11 is 0. The molecule has 21 nitrogen and oxygen atoms in total. The Labute approximate surface area is 714 Å². The van der Waals surface area contributed by atoms with Gasteiger partial charge < -0.3 is 70.6 Å². The van der Waals surface area contributed by atoms with Crippen LogP contribution in [0.4, 0.5) is 95.6 Å². The zero-order chi connectivity index (χ0) is 89.5. The zero-order valence-electron chi connectivity index (χ0n) is 69.5. The van der Waals surface area contributed by atoms with Crippen LogP contribution in [0.3, 0.4) is 0 Å². The fourth-order valence-electron chi connectivity index (χ4n) is 15.5. The van der Waals surface area contributed by atoms with Crippen LogP contribution in [0.5, 0.6) is 5.88 Å². The average Bonchev–Trinajstić information content (AvgIpc) is 1.64. The number of anilines is 6. The van der Waals surface area contributed by atoms with E-state index in [1.165, 1.54) is 30.3 Å². The summed E-state index contributed by atoms with van der Waals surface area (Å²) in [6.45, 7) is 27.1. The van der Waals surface area contributed by atoms with Crippen molar-refractivity contribution >= 4 is 51.8 Å². The van der Waals surface area contributed by atoms with Gasteiger partial charge in [-0.1, -0.05) is 37.9 Å². The monoisotopic (exact) mass is 1750 g/mol. The largest absolute Gasteiger partial charge is 0.477 e. The van der Waals surface area contributed by atoms with Crippen LogP contribution < -0.4 is 51.3 Å². The number of allylic oxidation sites excluding steroid dienone is 3. The quantitative estimate of drug-likeness (QED) is 0.0331. The maximum absolute atomic E-state index is 16.4. The van der Waals surface area contributed by atoms with Gasteiger partial charge in [0.25, 0.3) is 17.7 Å². The van der Waals surface area contributed by atoms with Crippen molar-refractivity contribution < 1.29 is 90.1 Å². The number of pyridine rings is 1. The lowest BCUT2D eigenvalue weighted by Gasteiger charge is -2.44. The van der Waals surface area contributed by atoms with Gasteiger partial charge in [0.2, 0.25) is 11.8 Å². The molecule has 35 heteroatoms. The van der Waals surface area contributed by atoms with Crippen molar-refractivity contribution in [1.29, 1.82) is 0 Å². The van der Waals surface area contributed by atoms with Crippen LogP contribution in [-0.2, 0) is 36.9 Å². The van der Waals surface area contributed by atoms with E-state index >= 15 is 22.0 Å². The number of benzene rings is 5. The van der Waals surface area contributed by atoms with Crippen molar-refractivity contribution in [3.63, 3.8) is 0 Å². The number of piperazine rings is 3. The lowest BCUT2D eigenvalue weighted by molar-refractivity contribution is -0.115. The van der Waals surface area contributed by atoms with Gasteiger partial charge in [0.05, 0.1) is 94.9 Å². The summed E-state index contributed by atoms with van der Waals surface area (Å²) in [7, 11) is 5.90. The Hall–Kier alpha value is -11.3. The third kappa shape index (κ3) is 22.7. The minimum Gasteiger partial charge on any atom is -0.477 e. The van der Waals surface area contributed by atoms with Crippen molar-refractivity contribution in [3.05, 3.63) is 238 Å². The molecule has 6 N–H and O–H groups in total. The van der Waals surface area contributed by atoms with Crippen LogP contribution in [0.1, 0.15) is 37.8 Å². The molecule has 666 valence electrons. The third-order valence-electron chi connectivity index (χ3n) is 22.9. The number of morpholine rings is 2. The second kappa shape index (κ2) is 39.0. The summed E-state index contributed by atoms with van der Waals surface area (Å²) in [5.41, 5.74) is -2.35. The molecule has 3 amide bonds. The maximum atomic E-state index is 16.4. The number of carbonyl (C=O) groups excluding carboxylic acids is 3. The Morgan fingerprint density at radius 3 is 1.42 bits per heavy atom. The van der Waals surface area contributed by atoms with Crippen LogP contribution >= 0.6 is 0 Å². The van der Waals surface area contributed by atoms with Crippen molar-refractivity contribution in [1.82, 2.24) is 45.4 Å². The number of ether oxygens (including phenoxy) is 3. The van der Waals surface area contributed by atoms with Crippen molar-refractivity contribution in [3.8, 4) is 39.3 Å². The molecule has 9 heterocycles. The van der Waals surface area contributed by atoms with Gasteiger partial charge in [-0.3, -0.25) is 29.1 Å². The molecule has 1 aromatic heterocycles. The zero-order valence-corrected chi connectivity index (χ0v) is 69.5. The number of likely N-dealkylation sites (N-methyl/N-ethyl adjacent to an activating group) is 3. The van der Waals surface area contributed by atoms with Crippen molar-refractivity contribution in [2.75, 3.05) is 176 Å². The van der Waals surface area contributed by atoms with E-state index in [0.717, 1.165) is 73.9 Å². The SMILES string of the molecule is C=C1C=C(C(F)(F)F)C(C(=O)Nc2c(N3CCN(C)CC3)ccc(-c3cc(CN4CCOCC4)ccc3F)c2F)=CN1.C=C1C=C(C(F)(F)F)C(C(=O)Nc2cc(-c3cc(CN4CCOCC4)ccc3F)cc(F)c2N2CCN(C)CC2)=CN1.C=C1C=C(C(F)(F)F)C(C(=O)Nc2cc(-c3ccc(OCC4CC4)nc3F)ccc2N2C[C@@H](C)N(C)[C@@H](C)C2)=CN1. The number of nitrogens with one attached hydrogen (secondary N) is 6. The van der Waals surface area contributed by atoms with E-state index in [9.17, 15) is 53.9 Å². The van der Waals surface area contributed by atoms with E-state index in [0.29, 0.717) is 148 Å². The molecule has 15 rings (SSSR count). The van der Waals surface area contributed by atoms with Gasteiger partial charge in [-0.25, -0.2) is 17.6 Å². The highest BCUT2D eigenvalue weighted by Crippen LogP contribution is 2.45. The predicted molar refractivity (Wildman–Crippen MR) is 451 cm³/mol. The molecule has 0 bridgehead atoms. The van der Waals surface area contributed by atoms with Crippen LogP contribution in [0.15, 0.2) is 198 Å². The van der Waals surface area contributed by atoms with Crippen molar-refractivity contribution in [2.45, 2.75) is 70.4 Å². The first-order chi connectivity index (χ1) is 59.4. The highest BCUT2D eigenvalue weighted by molar-refractivity contribution is 6.11. The second-order valence-corrected chi connectivity index (χ2v) is 32.1. The van der Waals surface area contributed by atoms with Crippen LogP contribution in [0.25, 0.3) is 33.4 Å². The average molecular weight is 1750 g/mol. The number of rotatable bonds is 19. The summed E-state index contributed by atoms with van der Waals surface area (Å²) in [6, 6.07) is 23.2. The lowest BCUT2D eigenvalue weighted by atomic mass is 9.98. The number of nitrogens with zero attached hydrogens (tertiary/aromatic N) is 9. The smallest absolute Gasteiger partial charge is 0.417 e. The summed E-state index contributed by atoms with van der Waals surface area (Å²) in [5.74, 6) is -6.19. The molecule has 5 saturated heterocycles. The standard InChI is InChI=1S/2C30H32F5N5O2.C30H33F4N5O2/c1-19-15-24(30(33,34)35)23(17-36-19)29(41)37-28-26(40-9-7-38(2)8-10-40)6-4-21(27(28)32)22-16-20(3-5-25(22)31)18-39-11-13-42-14-12-39;1-19-13-24(30(33,34)35)23(17-36-19)29(41)37-27-16-21(15-26(32)28(27)40-7-5-38(2)6-8-40)22-14-20(3-4-25(22)31)18-39-9-11-42-12-10-39;1-17-11-24(30(32,33)34)23(13-35-17)29(40)36-25-12-21(7-9-26(25)39-14-18(2)38(4)19(3)15-39)22-8-10-27(37-28(22)31)41-16-20-5-6-20/h3-6,15-17,36H,1,7-14,18H2,2H3,(H,37,41);3-4,13-17,36H,1,5-12,18H2,2H3,(H,37,41);7-13,18-20,35H,1,5-6,14-16H2,2-4H3,(H,36,40)/t;;18-,19+. The summed E-state index contributed by atoms with van der Waals surface area (Å²) < 4.78 is 218. The first kappa shape index (κ1) is 91.4. The van der Waals surface area contributed by atoms with E-state index in [1.807, 2.05) is 26.0 Å². The van der Waals surface area contributed by atoms with Gasteiger partial charge in [-0.05, 0) is 161 Å². The van der Waals surface area contributed by atoms with Gasteiger partial charge in [0, 0.05) is 181 Å². The molecule has 1 saturated carbocycles. The number of halogens is 14. The Morgan fingerprint density at radius 2 is 0.928 bits per heavy atom. The Kier molecular flexibility index (Phi) is 28.5. The second-order valence-electron chi connectivity index (χ2n) is 32.1. The van der Waals surface area contributed by atoms with E-state index in [1.54, 1.807) is 65.6 Å². The number of aromatic nitrogens is 1. The van der Waals surface area contributed by atoms with E-state index in [-0.39, 0.29) is 85.6 Å². The fourth-order valence-corrected chi connectivity index (χ4v) is 15.5.